The zero-order chi connectivity index (χ0) is 16.2. The van der Waals surface area contributed by atoms with Gasteiger partial charge in [0.15, 0.2) is 11.5 Å². The number of esters is 1. The molecule has 1 atom stereocenters. The summed E-state index contributed by atoms with van der Waals surface area (Å²) >= 11 is 0. The van der Waals surface area contributed by atoms with Crippen LogP contribution in [0.3, 0.4) is 0 Å². The number of Topliss-reactive ketones (excluding diaryl/α,β-unsaturated/α-hetero) is 1. The molecule has 0 bridgehead atoms. The van der Waals surface area contributed by atoms with E-state index >= 15 is 0 Å². The van der Waals surface area contributed by atoms with Crippen LogP contribution in [0.2, 0.25) is 0 Å². The van der Waals surface area contributed by atoms with Gasteiger partial charge in [-0.2, -0.15) is 0 Å². The Kier molecular flexibility index (Phi) is 5.82. The minimum atomic E-state index is -0.588. The van der Waals surface area contributed by atoms with E-state index in [-0.39, 0.29) is 23.2 Å². The van der Waals surface area contributed by atoms with Gasteiger partial charge in [0, 0.05) is 18.1 Å². The van der Waals surface area contributed by atoms with Gasteiger partial charge in [-0.3, -0.25) is 14.4 Å². The summed E-state index contributed by atoms with van der Waals surface area (Å²) in [4.78, 5) is 35.5. The van der Waals surface area contributed by atoms with E-state index in [0.717, 1.165) is 12.8 Å². The lowest BCUT2D eigenvalue weighted by Gasteiger charge is -2.21. The number of carbonyl (C=O) groups is 3. The summed E-state index contributed by atoms with van der Waals surface area (Å²) in [5, 5.41) is 0. The Bertz CT molecular complexity index is 557. The predicted molar refractivity (Wildman–Crippen MR) is 80.4 cm³/mol. The molecule has 0 amide bonds. The van der Waals surface area contributed by atoms with E-state index in [4.69, 9.17) is 4.74 Å². The van der Waals surface area contributed by atoms with Gasteiger partial charge in [0.05, 0.1) is 0 Å². The summed E-state index contributed by atoms with van der Waals surface area (Å²) in [7, 11) is 0. The smallest absolute Gasteiger partial charge is 0.308 e. The predicted octanol–water partition coefficient (Wildman–Crippen LogP) is 3.28. The minimum absolute atomic E-state index is 0.0998. The molecule has 0 aromatic carbocycles. The molecule has 0 aromatic heterocycles. The van der Waals surface area contributed by atoms with Crippen LogP contribution in [0.25, 0.3) is 0 Å². The first-order chi connectivity index (χ1) is 9.73. The van der Waals surface area contributed by atoms with Crippen LogP contribution in [0, 0.1) is 5.92 Å². The Labute approximate surface area is 125 Å². The van der Waals surface area contributed by atoms with E-state index in [1.54, 1.807) is 6.92 Å². The molecule has 0 N–H and O–H groups in total. The molecule has 0 aromatic rings. The van der Waals surface area contributed by atoms with Crippen molar-refractivity contribution in [2.75, 3.05) is 0 Å². The van der Waals surface area contributed by atoms with Gasteiger partial charge < -0.3 is 4.74 Å². The molecule has 1 aliphatic carbocycles. The zero-order valence-electron chi connectivity index (χ0n) is 13.3. The third-order valence-corrected chi connectivity index (χ3v) is 3.31. The highest BCUT2D eigenvalue weighted by Gasteiger charge is 2.31. The maximum atomic E-state index is 12.2. The van der Waals surface area contributed by atoms with Gasteiger partial charge >= 0.3 is 5.97 Å². The lowest BCUT2D eigenvalue weighted by atomic mass is 9.85. The standard InChI is InChI=1S/C17H22O4/c1-10(2)7-6-8-11(3)15-14(19)9-12(4)16(20)17(15)21-13(5)18/h7,9,11H,6,8H2,1-5H3/t11-/m1/s1. The van der Waals surface area contributed by atoms with Crippen molar-refractivity contribution in [2.45, 2.75) is 47.5 Å². The van der Waals surface area contributed by atoms with Gasteiger partial charge in [-0.15, -0.1) is 0 Å². The first-order valence-corrected chi connectivity index (χ1v) is 7.07. The minimum Gasteiger partial charge on any atom is -0.422 e. The molecule has 21 heavy (non-hydrogen) atoms. The number of ether oxygens (including phenoxy) is 1. The molecular formula is C17H22O4. The summed E-state index contributed by atoms with van der Waals surface area (Å²) in [6.07, 6.45) is 4.93. The number of allylic oxidation sites excluding steroid dienone is 5. The molecule has 0 heterocycles. The Hall–Kier alpha value is -1.97. The summed E-state index contributed by atoms with van der Waals surface area (Å²) in [6.45, 7) is 8.67. The Balaban J connectivity index is 3.08. The third-order valence-electron chi connectivity index (χ3n) is 3.31. The van der Waals surface area contributed by atoms with Crippen molar-refractivity contribution in [1.82, 2.24) is 0 Å². The molecule has 4 nitrogen and oxygen atoms in total. The highest BCUT2D eigenvalue weighted by molar-refractivity contribution is 6.22. The monoisotopic (exact) mass is 290 g/mol. The first-order valence-electron chi connectivity index (χ1n) is 7.07. The van der Waals surface area contributed by atoms with E-state index in [0.29, 0.717) is 11.1 Å². The van der Waals surface area contributed by atoms with Crippen molar-refractivity contribution in [2.24, 2.45) is 5.92 Å². The quantitative estimate of drug-likeness (QED) is 0.443. The van der Waals surface area contributed by atoms with Crippen LogP contribution in [0.1, 0.15) is 47.5 Å². The van der Waals surface area contributed by atoms with Gasteiger partial charge in [-0.1, -0.05) is 18.6 Å². The molecule has 0 saturated carbocycles. The van der Waals surface area contributed by atoms with Gasteiger partial charge in [0.1, 0.15) is 0 Å². The van der Waals surface area contributed by atoms with Crippen molar-refractivity contribution in [3.05, 3.63) is 34.6 Å². The molecule has 0 saturated heterocycles. The molecule has 1 aliphatic rings. The SMILES string of the molecule is CC(=O)OC1=C([C@H](C)CCC=C(C)C)C(=O)C=C(C)C1=O. The largest absolute Gasteiger partial charge is 0.422 e. The van der Waals surface area contributed by atoms with Gasteiger partial charge in [-0.25, -0.2) is 0 Å². The van der Waals surface area contributed by atoms with Crippen LogP contribution in [0.15, 0.2) is 34.6 Å². The summed E-state index contributed by atoms with van der Waals surface area (Å²) in [6, 6.07) is 0. The molecule has 1 rings (SSSR count). The number of hydrogen-bond acceptors (Lipinski definition) is 4. The Morgan fingerprint density at radius 1 is 1.29 bits per heavy atom. The second-order valence-electron chi connectivity index (χ2n) is 5.62. The van der Waals surface area contributed by atoms with Crippen LogP contribution in [-0.2, 0) is 19.1 Å². The Morgan fingerprint density at radius 2 is 1.90 bits per heavy atom. The molecule has 0 fully saturated rings. The fourth-order valence-corrected chi connectivity index (χ4v) is 2.23. The van der Waals surface area contributed by atoms with Gasteiger partial charge in [0.2, 0.25) is 5.78 Å². The number of ketones is 2. The number of hydrogen-bond donors (Lipinski definition) is 0. The van der Waals surface area contributed by atoms with Crippen molar-refractivity contribution in [3.8, 4) is 0 Å². The van der Waals surface area contributed by atoms with Crippen LogP contribution in [0.5, 0.6) is 0 Å². The van der Waals surface area contributed by atoms with Gasteiger partial charge in [-0.05, 0) is 45.6 Å². The Morgan fingerprint density at radius 3 is 2.43 bits per heavy atom. The van der Waals surface area contributed by atoms with Crippen LogP contribution in [-0.4, -0.2) is 17.5 Å². The lowest BCUT2D eigenvalue weighted by Crippen LogP contribution is -2.25. The molecule has 114 valence electrons. The summed E-state index contributed by atoms with van der Waals surface area (Å²) in [5.74, 6) is -1.45. The highest BCUT2D eigenvalue weighted by atomic mass is 16.5. The van der Waals surface area contributed by atoms with E-state index in [2.05, 4.69) is 6.08 Å². The molecule has 0 radical (unpaired) electrons. The summed E-state index contributed by atoms with van der Waals surface area (Å²) < 4.78 is 5.02. The fourth-order valence-electron chi connectivity index (χ4n) is 2.23. The van der Waals surface area contributed by atoms with Gasteiger partial charge in [0.25, 0.3) is 0 Å². The van der Waals surface area contributed by atoms with Crippen molar-refractivity contribution in [3.63, 3.8) is 0 Å². The second kappa shape index (κ2) is 7.16. The zero-order valence-corrected chi connectivity index (χ0v) is 13.3. The van der Waals surface area contributed by atoms with E-state index in [1.807, 2.05) is 20.8 Å². The third kappa shape index (κ3) is 4.52. The topological polar surface area (TPSA) is 60.4 Å². The molecule has 0 aliphatic heterocycles. The van der Waals surface area contributed by atoms with Crippen molar-refractivity contribution in [1.29, 1.82) is 0 Å². The van der Waals surface area contributed by atoms with E-state index in [1.165, 1.54) is 18.6 Å². The lowest BCUT2D eigenvalue weighted by molar-refractivity contribution is -0.140. The second-order valence-corrected chi connectivity index (χ2v) is 5.62. The highest BCUT2D eigenvalue weighted by Crippen LogP contribution is 2.28. The molecular weight excluding hydrogens is 268 g/mol. The maximum Gasteiger partial charge on any atom is 0.308 e. The summed E-state index contributed by atoms with van der Waals surface area (Å²) in [5.41, 5.74) is 1.82. The van der Waals surface area contributed by atoms with E-state index in [9.17, 15) is 14.4 Å². The van der Waals surface area contributed by atoms with Crippen LogP contribution in [0.4, 0.5) is 0 Å². The van der Waals surface area contributed by atoms with Crippen LogP contribution < -0.4 is 0 Å². The molecule has 0 spiro atoms. The van der Waals surface area contributed by atoms with Crippen molar-refractivity contribution >= 4 is 17.5 Å². The normalized spacial score (nSPS) is 16.5. The molecule has 4 heteroatoms. The number of rotatable bonds is 5. The average molecular weight is 290 g/mol. The van der Waals surface area contributed by atoms with Crippen LogP contribution >= 0.6 is 0 Å². The fraction of sp³-hybridized carbons (Fsp3) is 0.471. The number of carbonyl (C=O) groups excluding carboxylic acids is 3. The molecule has 0 unspecified atom stereocenters. The maximum absolute atomic E-state index is 12.2. The van der Waals surface area contributed by atoms with Crippen molar-refractivity contribution < 1.29 is 19.1 Å². The average Bonchev–Trinajstić information content (AvgIpc) is 2.34. The van der Waals surface area contributed by atoms with E-state index < -0.39 is 5.97 Å². The first kappa shape index (κ1) is 17.1.